The summed E-state index contributed by atoms with van der Waals surface area (Å²) in [6.45, 7) is 3.57. The molecule has 1 saturated heterocycles. The van der Waals surface area contributed by atoms with Gasteiger partial charge in [0.2, 0.25) is 5.91 Å². The molecule has 0 aromatic heterocycles. The number of hydrogen-bond donors (Lipinski definition) is 4. The molecule has 0 saturated carbocycles. The number of nitrogens with one attached hydrogen (secondary N) is 1. The number of aliphatic hydroxyl groups is 3. The van der Waals surface area contributed by atoms with Crippen LogP contribution in [0, 0.1) is 0 Å². The fourth-order valence-electron chi connectivity index (χ4n) is 3.40. The number of aliphatic hydroxyl groups excluding tert-OH is 3. The number of hydrogen-bond acceptors (Lipinski definition) is 6. The Bertz CT molecular complexity index is 395. The zero-order valence-electron chi connectivity index (χ0n) is 16.9. The van der Waals surface area contributed by atoms with Crippen LogP contribution >= 0.6 is 0 Å². The van der Waals surface area contributed by atoms with E-state index in [-0.39, 0.29) is 5.91 Å². The van der Waals surface area contributed by atoms with Gasteiger partial charge >= 0.3 is 0 Å². The van der Waals surface area contributed by atoms with Gasteiger partial charge < -0.3 is 30.1 Å². The zero-order valence-corrected chi connectivity index (χ0v) is 16.9. The lowest BCUT2D eigenvalue weighted by atomic mass is 9.97. The van der Waals surface area contributed by atoms with Crippen molar-refractivity contribution < 1.29 is 29.6 Å². The van der Waals surface area contributed by atoms with E-state index in [1.165, 1.54) is 58.3 Å². The highest BCUT2D eigenvalue weighted by molar-refractivity contribution is 5.73. The van der Waals surface area contributed by atoms with Gasteiger partial charge in [0.1, 0.15) is 24.4 Å². The standard InChI is InChI=1S/C20H39NO6/c1-3-4-5-6-7-8-9-10-11-12-13-26-20-17(21-15(2)23)19(25)18(24)16(14-22)27-20/h16-20,22,24-25H,3-14H2,1-2H3,(H,21,23)/t16-,17-,18+,19-,20-/m1/s1. The molecule has 1 amide bonds. The average Bonchev–Trinajstić information content (AvgIpc) is 2.64. The summed E-state index contributed by atoms with van der Waals surface area (Å²) in [7, 11) is 0. The Morgan fingerprint density at radius 3 is 2.04 bits per heavy atom. The maximum Gasteiger partial charge on any atom is 0.217 e. The van der Waals surface area contributed by atoms with Crippen molar-refractivity contribution in [2.75, 3.05) is 13.2 Å². The van der Waals surface area contributed by atoms with Gasteiger partial charge in [0.05, 0.1) is 6.61 Å². The van der Waals surface area contributed by atoms with E-state index in [4.69, 9.17) is 9.47 Å². The summed E-state index contributed by atoms with van der Waals surface area (Å²) in [6, 6.07) is -0.858. The minimum atomic E-state index is -1.27. The van der Waals surface area contributed by atoms with Crippen LogP contribution in [0.5, 0.6) is 0 Å². The van der Waals surface area contributed by atoms with Crippen LogP contribution in [0.2, 0.25) is 0 Å². The molecule has 4 N–H and O–H groups in total. The van der Waals surface area contributed by atoms with Gasteiger partial charge in [0.25, 0.3) is 0 Å². The quantitative estimate of drug-likeness (QED) is 0.338. The maximum absolute atomic E-state index is 11.4. The summed E-state index contributed by atoms with van der Waals surface area (Å²) in [4.78, 5) is 11.4. The number of amides is 1. The third kappa shape index (κ3) is 9.34. The van der Waals surface area contributed by atoms with Crippen LogP contribution in [0.25, 0.3) is 0 Å². The minimum absolute atomic E-state index is 0.343. The molecule has 7 nitrogen and oxygen atoms in total. The topological polar surface area (TPSA) is 108 Å². The number of carbonyl (C=O) groups is 1. The molecular formula is C20H39NO6. The largest absolute Gasteiger partial charge is 0.394 e. The molecule has 1 rings (SSSR count). The highest BCUT2D eigenvalue weighted by Crippen LogP contribution is 2.22. The number of carbonyl (C=O) groups excluding carboxylic acids is 1. The lowest BCUT2D eigenvalue weighted by molar-refractivity contribution is -0.270. The molecule has 1 aliphatic heterocycles. The second-order valence-corrected chi connectivity index (χ2v) is 7.49. The van der Waals surface area contributed by atoms with Crippen molar-refractivity contribution in [3.63, 3.8) is 0 Å². The second kappa shape index (κ2) is 14.3. The van der Waals surface area contributed by atoms with E-state index in [0.717, 1.165) is 12.8 Å². The van der Waals surface area contributed by atoms with Crippen molar-refractivity contribution >= 4 is 5.91 Å². The van der Waals surface area contributed by atoms with Crippen molar-refractivity contribution in [2.24, 2.45) is 0 Å². The van der Waals surface area contributed by atoms with Crippen molar-refractivity contribution in [3.8, 4) is 0 Å². The van der Waals surface area contributed by atoms with E-state index in [0.29, 0.717) is 6.61 Å². The van der Waals surface area contributed by atoms with Gasteiger partial charge in [-0.3, -0.25) is 4.79 Å². The lowest BCUT2D eigenvalue weighted by Crippen LogP contribution is -2.64. The summed E-state index contributed by atoms with van der Waals surface area (Å²) in [5.41, 5.74) is 0. The van der Waals surface area contributed by atoms with Gasteiger partial charge in [0, 0.05) is 13.5 Å². The molecule has 7 heteroatoms. The smallest absolute Gasteiger partial charge is 0.217 e. The van der Waals surface area contributed by atoms with Gasteiger partial charge in [-0.05, 0) is 6.42 Å². The Kier molecular flexibility index (Phi) is 12.9. The molecule has 0 aromatic rings. The van der Waals surface area contributed by atoms with Gasteiger partial charge in [-0.25, -0.2) is 0 Å². The van der Waals surface area contributed by atoms with E-state index in [2.05, 4.69) is 12.2 Å². The van der Waals surface area contributed by atoms with E-state index in [1.54, 1.807) is 0 Å². The first kappa shape index (κ1) is 24.3. The molecule has 0 bridgehead atoms. The van der Waals surface area contributed by atoms with Crippen molar-refractivity contribution in [1.29, 1.82) is 0 Å². The van der Waals surface area contributed by atoms with E-state index in [1.807, 2.05) is 0 Å². The van der Waals surface area contributed by atoms with Crippen LogP contribution in [0.1, 0.15) is 78.1 Å². The van der Waals surface area contributed by atoms with E-state index in [9.17, 15) is 20.1 Å². The molecule has 1 aliphatic rings. The Morgan fingerprint density at radius 2 is 1.52 bits per heavy atom. The summed E-state index contributed by atoms with van der Waals surface area (Å²) in [5.74, 6) is -0.343. The van der Waals surface area contributed by atoms with Crippen LogP contribution in [-0.4, -0.2) is 65.1 Å². The van der Waals surface area contributed by atoms with Crippen LogP contribution in [0.4, 0.5) is 0 Å². The molecule has 0 aromatic carbocycles. The number of unbranched alkanes of at least 4 members (excludes halogenated alkanes) is 9. The zero-order chi connectivity index (χ0) is 20.1. The Balaban J connectivity index is 2.23. The fraction of sp³-hybridized carbons (Fsp3) is 0.950. The first-order valence-electron chi connectivity index (χ1n) is 10.5. The number of rotatable bonds is 14. The Hall–Kier alpha value is -0.730. The first-order valence-corrected chi connectivity index (χ1v) is 10.5. The molecule has 0 aliphatic carbocycles. The molecule has 1 fully saturated rings. The molecule has 160 valence electrons. The average molecular weight is 390 g/mol. The van der Waals surface area contributed by atoms with Gasteiger partial charge in [-0.15, -0.1) is 0 Å². The van der Waals surface area contributed by atoms with Gasteiger partial charge in [0.15, 0.2) is 6.29 Å². The van der Waals surface area contributed by atoms with Gasteiger partial charge in [-0.2, -0.15) is 0 Å². The highest BCUT2D eigenvalue weighted by Gasteiger charge is 2.45. The molecular weight excluding hydrogens is 350 g/mol. The Labute approximate surface area is 163 Å². The minimum Gasteiger partial charge on any atom is -0.394 e. The van der Waals surface area contributed by atoms with Crippen molar-refractivity contribution in [3.05, 3.63) is 0 Å². The first-order chi connectivity index (χ1) is 13.0. The number of ether oxygens (including phenoxy) is 2. The predicted molar refractivity (Wildman–Crippen MR) is 103 cm³/mol. The summed E-state index contributed by atoms with van der Waals surface area (Å²) in [5, 5.41) is 32.0. The summed E-state index contributed by atoms with van der Waals surface area (Å²) >= 11 is 0. The highest BCUT2D eigenvalue weighted by atomic mass is 16.7. The summed E-state index contributed by atoms with van der Waals surface area (Å²) in [6.07, 6.45) is 7.87. The second-order valence-electron chi connectivity index (χ2n) is 7.49. The van der Waals surface area contributed by atoms with Crippen molar-refractivity contribution in [2.45, 2.75) is 109 Å². The molecule has 0 unspecified atom stereocenters. The SMILES string of the molecule is CCCCCCCCCCCCO[C@@H]1O[C@H](CO)[C@H](O)[C@H](O)[C@H]1NC(C)=O. The van der Waals surface area contributed by atoms with Gasteiger partial charge in [-0.1, -0.05) is 64.7 Å². The summed E-state index contributed by atoms with van der Waals surface area (Å²) < 4.78 is 11.2. The molecule has 0 spiro atoms. The Morgan fingerprint density at radius 1 is 0.963 bits per heavy atom. The van der Waals surface area contributed by atoms with Crippen molar-refractivity contribution in [1.82, 2.24) is 5.32 Å². The van der Waals surface area contributed by atoms with Crippen LogP contribution < -0.4 is 5.32 Å². The third-order valence-electron chi connectivity index (χ3n) is 5.03. The van der Waals surface area contributed by atoms with E-state index < -0.39 is 37.3 Å². The van der Waals surface area contributed by atoms with E-state index >= 15 is 0 Å². The van der Waals surface area contributed by atoms with Crippen LogP contribution in [0.15, 0.2) is 0 Å². The molecule has 5 atom stereocenters. The predicted octanol–water partition coefficient (Wildman–Crippen LogP) is 1.87. The lowest BCUT2D eigenvalue weighted by Gasteiger charge is -2.42. The van der Waals surface area contributed by atoms with Crippen LogP contribution in [-0.2, 0) is 14.3 Å². The molecule has 0 radical (unpaired) electrons. The normalized spacial score (nSPS) is 28.3. The maximum atomic E-state index is 11.4. The third-order valence-corrected chi connectivity index (χ3v) is 5.03. The molecule has 1 heterocycles. The monoisotopic (exact) mass is 389 g/mol. The van der Waals surface area contributed by atoms with Crippen LogP contribution in [0.3, 0.4) is 0 Å². The fourth-order valence-corrected chi connectivity index (χ4v) is 3.40. The molecule has 27 heavy (non-hydrogen) atoms.